The molecule has 0 aliphatic heterocycles. The molecule has 0 aliphatic carbocycles. The van der Waals surface area contributed by atoms with Crippen LogP contribution in [-0.2, 0) is 42.9 Å². The van der Waals surface area contributed by atoms with Gasteiger partial charge in [0.15, 0.2) is 0 Å². The smallest absolute Gasteiger partial charge is 0.333 e. The van der Waals surface area contributed by atoms with Crippen molar-refractivity contribution in [1.29, 1.82) is 0 Å². The Morgan fingerprint density at radius 3 is 1.89 bits per heavy atom. The highest BCUT2D eigenvalue weighted by Gasteiger charge is 2.15. The van der Waals surface area contributed by atoms with Crippen LogP contribution in [0.1, 0.15) is 32.3 Å². The molecule has 0 saturated heterocycles. The van der Waals surface area contributed by atoms with E-state index in [2.05, 4.69) is 29.2 Å². The molecule has 11 heteroatoms. The minimum absolute atomic E-state index is 0.0735. The van der Waals surface area contributed by atoms with Crippen molar-refractivity contribution in [2.24, 2.45) is 0 Å². The number of aliphatic hydroxyl groups is 1. The van der Waals surface area contributed by atoms with Crippen LogP contribution in [0.5, 0.6) is 0 Å². The molecular formula is C25H36O10S. The molecule has 0 fully saturated rings. The van der Waals surface area contributed by atoms with Gasteiger partial charge in [-0.25, -0.2) is 14.4 Å². The van der Waals surface area contributed by atoms with Crippen molar-refractivity contribution in [3.63, 3.8) is 0 Å². The fourth-order valence-electron chi connectivity index (χ4n) is 1.79. The number of methoxy groups -OCH3 is 1. The normalized spacial score (nSPS) is 9.81. The lowest BCUT2D eigenvalue weighted by atomic mass is 10.2. The second-order valence-corrected chi connectivity index (χ2v) is 8.70. The largest absolute Gasteiger partial charge is 0.466 e. The number of carbonyl (C=O) groups excluding carboxylic acids is 3. The van der Waals surface area contributed by atoms with Gasteiger partial charge in [0.1, 0.15) is 13.2 Å². The Balaban J connectivity index is 0. The third-order valence-corrected chi connectivity index (χ3v) is 5.04. The van der Waals surface area contributed by atoms with Crippen LogP contribution in [0.25, 0.3) is 0 Å². The average molecular weight is 529 g/mol. The van der Waals surface area contributed by atoms with Crippen LogP contribution in [0.15, 0.2) is 66.1 Å². The molecule has 10 nitrogen and oxygen atoms in total. The zero-order valence-corrected chi connectivity index (χ0v) is 22.1. The summed E-state index contributed by atoms with van der Waals surface area (Å²) in [6.07, 6.45) is 2.50. The lowest BCUT2D eigenvalue weighted by Crippen LogP contribution is -2.14. The number of hydrogen-bond acceptors (Lipinski definition) is 10. The second-order valence-electron chi connectivity index (χ2n) is 7.08. The van der Waals surface area contributed by atoms with Gasteiger partial charge >= 0.3 is 17.9 Å². The monoisotopic (exact) mass is 528 g/mol. The Morgan fingerprint density at radius 1 is 0.917 bits per heavy atom. The van der Waals surface area contributed by atoms with Crippen LogP contribution in [0.4, 0.5) is 0 Å². The van der Waals surface area contributed by atoms with Crippen molar-refractivity contribution in [2.75, 3.05) is 33.5 Å². The lowest BCUT2D eigenvalue weighted by Gasteiger charge is -2.07. The zero-order chi connectivity index (χ0) is 28.1. The van der Waals surface area contributed by atoms with Gasteiger partial charge in [-0.05, 0) is 45.7 Å². The molecule has 0 unspecified atom stereocenters. The van der Waals surface area contributed by atoms with Crippen LogP contribution in [-0.4, -0.2) is 65.0 Å². The van der Waals surface area contributed by atoms with Gasteiger partial charge in [0.2, 0.25) is 0 Å². The highest BCUT2D eigenvalue weighted by atomic mass is 32.2. The highest BCUT2D eigenvalue weighted by molar-refractivity contribution is 7.86. The van der Waals surface area contributed by atoms with Crippen molar-refractivity contribution < 1.29 is 46.3 Å². The third-order valence-electron chi connectivity index (χ3n) is 3.71. The first-order valence-electron chi connectivity index (χ1n) is 10.7. The molecular weight excluding hydrogens is 492 g/mol. The van der Waals surface area contributed by atoms with E-state index in [4.69, 9.17) is 14.0 Å². The minimum Gasteiger partial charge on any atom is -0.466 e. The van der Waals surface area contributed by atoms with E-state index in [1.165, 1.54) is 26.2 Å². The first-order chi connectivity index (χ1) is 16.8. The molecule has 1 rings (SSSR count). The summed E-state index contributed by atoms with van der Waals surface area (Å²) in [5.41, 5.74) is 1.64. The van der Waals surface area contributed by atoms with Gasteiger partial charge in [-0.1, -0.05) is 37.4 Å². The van der Waals surface area contributed by atoms with Gasteiger partial charge in [-0.15, -0.1) is 0 Å². The number of esters is 3. The van der Waals surface area contributed by atoms with E-state index in [1.54, 1.807) is 19.1 Å². The summed E-state index contributed by atoms with van der Waals surface area (Å²) < 4.78 is 41.9. The molecule has 0 aliphatic rings. The average Bonchev–Trinajstić information content (AvgIpc) is 2.84. The molecule has 202 valence electrons. The number of rotatable bonds is 12. The second kappa shape index (κ2) is 20.0. The SMILES string of the molecule is C=C(C)C(=O)OC.C=C(C)C(=O)OCCOS(=O)(=O)c1ccc(C)cc1.C=CC(=O)OCCCCO. The van der Waals surface area contributed by atoms with Crippen LogP contribution >= 0.6 is 0 Å². The van der Waals surface area contributed by atoms with E-state index in [1.807, 2.05) is 6.92 Å². The molecule has 0 amide bonds. The molecule has 1 aromatic rings. The minimum atomic E-state index is -3.81. The number of aliphatic hydroxyl groups excluding tert-OH is 1. The Labute approximate surface area is 213 Å². The summed E-state index contributed by atoms with van der Waals surface area (Å²) in [5, 5.41) is 8.33. The maximum Gasteiger partial charge on any atom is 0.333 e. The summed E-state index contributed by atoms with van der Waals surface area (Å²) in [4.78, 5) is 31.7. The van der Waals surface area contributed by atoms with Crippen molar-refractivity contribution >= 4 is 28.0 Å². The van der Waals surface area contributed by atoms with E-state index in [0.717, 1.165) is 11.6 Å². The van der Waals surface area contributed by atoms with Crippen molar-refractivity contribution in [2.45, 2.75) is 38.5 Å². The number of ether oxygens (including phenoxy) is 3. The van der Waals surface area contributed by atoms with Gasteiger partial charge in [0, 0.05) is 23.8 Å². The molecule has 0 saturated carbocycles. The van der Waals surface area contributed by atoms with Crippen LogP contribution < -0.4 is 0 Å². The topological polar surface area (TPSA) is 142 Å². The number of benzene rings is 1. The molecule has 0 bridgehead atoms. The fourth-order valence-corrected chi connectivity index (χ4v) is 2.69. The quantitative estimate of drug-likeness (QED) is 0.141. The molecule has 36 heavy (non-hydrogen) atoms. The third kappa shape index (κ3) is 18.1. The Morgan fingerprint density at radius 2 is 1.47 bits per heavy atom. The molecule has 0 radical (unpaired) electrons. The summed E-state index contributed by atoms with van der Waals surface area (Å²) in [6.45, 7) is 15.1. The maximum atomic E-state index is 11.7. The summed E-state index contributed by atoms with van der Waals surface area (Å²) >= 11 is 0. The summed E-state index contributed by atoms with van der Waals surface area (Å²) in [6, 6.07) is 6.28. The highest BCUT2D eigenvalue weighted by Crippen LogP contribution is 2.13. The standard InChI is InChI=1S/C13H16O5S.C7H12O3.C5H8O2/c1-10(2)13(14)17-8-9-18-19(15,16)12-6-4-11(3)5-7-12;1-2-7(9)10-6-4-3-5-8;1-4(2)5(6)7-3/h4-7H,1,8-9H2,2-3H3;2,8H,1,3-6H2;1H2,2-3H3. The first kappa shape index (κ1) is 34.9. The maximum absolute atomic E-state index is 11.7. The van der Waals surface area contributed by atoms with Crippen LogP contribution in [0.2, 0.25) is 0 Å². The van der Waals surface area contributed by atoms with E-state index < -0.39 is 22.1 Å². The fraction of sp³-hybridized carbons (Fsp3) is 0.400. The van der Waals surface area contributed by atoms with Gasteiger partial charge in [0.05, 0.1) is 18.6 Å². The predicted molar refractivity (Wildman–Crippen MR) is 134 cm³/mol. The molecule has 1 aromatic carbocycles. The van der Waals surface area contributed by atoms with E-state index in [9.17, 15) is 22.8 Å². The summed E-state index contributed by atoms with van der Waals surface area (Å²) in [5.74, 6) is -1.32. The summed E-state index contributed by atoms with van der Waals surface area (Å²) in [7, 11) is -2.48. The van der Waals surface area contributed by atoms with Crippen molar-refractivity contribution in [3.8, 4) is 0 Å². The molecule has 0 aromatic heterocycles. The van der Waals surface area contributed by atoms with E-state index >= 15 is 0 Å². The van der Waals surface area contributed by atoms with Crippen LogP contribution in [0.3, 0.4) is 0 Å². The lowest BCUT2D eigenvalue weighted by molar-refractivity contribution is -0.140. The predicted octanol–water partition coefficient (Wildman–Crippen LogP) is 3.04. The zero-order valence-electron chi connectivity index (χ0n) is 21.3. The van der Waals surface area contributed by atoms with Crippen LogP contribution in [0, 0.1) is 6.92 Å². The van der Waals surface area contributed by atoms with Crippen molar-refractivity contribution in [3.05, 3.63) is 66.8 Å². The molecule has 0 heterocycles. The number of carbonyl (C=O) groups is 3. The Hall–Kier alpha value is -3.28. The van der Waals surface area contributed by atoms with Gasteiger partial charge in [-0.3, -0.25) is 4.18 Å². The van der Waals surface area contributed by atoms with E-state index in [-0.39, 0.29) is 36.3 Å². The molecule has 0 atom stereocenters. The molecule has 0 spiro atoms. The van der Waals surface area contributed by atoms with Crippen molar-refractivity contribution in [1.82, 2.24) is 0 Å². The first-order valence-corrected chi connectivity index (χ1v) is 12.2. The van der Waals surface area contributed by atoms with Gasteiger partial charge in [-0.2, -0.15) is 8.42 Å². The van der Waals surface area contributed by atoms with E-state index in [0.29, 0.717) is 25.0 Å². The van der Waals surface area contributed by atoms with Gasteiger partial charge in [0.25, 0.3) is 10.1 Å². The van der Waals surface area contributed by atoms with Gasteiger partial charge < -0.3 is 19.3 Å². The number of aryl methyl sites for hydroxylation is 1. The number of unbranched alkanes of at least 4 members (excludes halogenated alkanes) is 1. The Kier molecular flexibility index (Phi) is 19.3. The molecule has 1 N–H and O–H groups in total. The number of hydrogen-bond donors (Lipinski definition) is 1. The Bertz CT molecular complexity index is 963.